The zero-order valence-corrected chi connectivity index (χ0v) is 10.4. The number of benzene rings is 2. The van der Waals surface area contributed by atoms with Crippen molar-refractivity contribution < 1.29 is 9.22 Å². The van der Waals surface area contributed by atoms with Crippen molar-refractivity contribution in [1.82, 2.24) is 0 Å². The van der Waals surface area contributed by atoms with Crippen LogP contribution in [-0.2, 0) is 4.43 Å². The predicted molar refractivity (Wildman–Crippen MR) is 68.7 cm³/mol. The van der Waals surface area contributed by atoms with Crippen LogP contribution in [0.4, 0.5) is 0 Å². The third-order valence-electron chi connectivity index (χ3n) is 2.72. The van der Waals surface area contributed by atoms with Crippen LogP contribution in [0.25, 0.3) is 0 Å². The summed E-state index contributed by atoms with van der Waals surface area (Å²) in [6, 6.07) is 20.4. The Morgan fingerprint density at radius 3 is 1.76 bits per heavy atom. The van der Waals surface area contributed by atoms with E-state index in [9.17, 15) is 0 Å². The average molecular weight is 242 g/mol. The molecule has 3 heteroatoms. The summed E-state index contributed by atoms with van der Waals surface area (Å²) in [6.45, 7) is 0.503. The molecule has 1 N–H and O–H groups in total. The molecule has 0 spiro atoms. The van der Waals surface area contributed by atoms with Gasteiger partial charge in [0.2, 0.25) is 0 Å². The van der Waals surface area contributed by atoms with Crippen LogP contribution in [0.5, 0.6) is 0 Å². The monoisotopic (exact) mass is 242 g/mol. The number of hydrogen-bond donors (Lipinski definition) is 1. The van der Waals surface area contributed by atoms with Gasteiger partial charge in [-0.1, -0.05) is 60.7 Å². The Kier molecular flexibility index (Phi) is 4.50. The summed E-state index contributed by atoms with van der Waals surface area (Å²) in [5.41, 5.74) is 2.41. The van der Waals surface area contributed by atoms with E-state index in [0.717, 1.165) is 0 Å². The molecule has 2 radical (unpaired) electrons. The maximum absolute atomic E-state index is 8.81. The van der Waals surface area contributed by atoms with Gasteiger partial charge < -0.3 is 9.22 Å². The maximum Gasteiger partial charge on any atom is 0.430 e. The van der Waals surface area contributed by atoms with Crippen molar-refractivity contribution in [3.05, 3.63) is 71.8 Å². The van der Waals surface area contributed by atoms with E-state index >= 15 is 0 Å². The molecule has 0 aliphatic heterocycles. The highest BCUT2D eigenvalue weighted by molar-refractivity contribution is 6.15. The average Bonchev–Trinajstić information content (AvgIpc) is 2.42. The van der Waals surface area contributed by atoms with E-state index in [1.807, 2.05) is 36.4 Å². The molecule has 0 fully saturated rings. The lowest BCUT2D eigenvalue weighted by Crippen LogP contribution is -2.11. The Morgan fingerprint density at radius 1 is 0.882 bits per heavy atom. The zero-order valence-electron chi connectivity index (χ0n) is 9.41. The molecule has 0 bridgehead atoms. The highest BCUT2D eigenvalue weighted by Gasteiger charge is 2.13. The van der Waals surface area contributed by atoms with Crippen molar-refractivity contribution in [3.63, 3.8) is 0 Å². The third kappa shape index (κ3) is 3.26. The Labute approximate surface area is 104 Å². The molecular formula is C14H14O2Si. The second-order valence-electron chi connectivity index (χ2n) is 3.78. The summed E-state index contributed by atoms with van der Waals surface area (Å²) in [7, 11) is -0.460. The lowest BCUT2D eigenvalue weighted by Gasteiger charge is -2.17. The minimum absolute atomic E-state index is 0.178. The number of hydrogen-bond acceptors (Lipinski definition) is 2. The normalized spacial score (nSPS) is 10.7. The smallest absolute Gasteiger partial charge is 0.409 e. The Bertz CT molecular complexity index is 391. The van der Waals surface area contributed by atoms with Gasteiger partial charge in [0.25, 0.3) is 0 Å². The minimum atomic E-state index is -0.460. The second-order valence-corrected chi connectivity index (χ2v) is 4.25. The molecule has 2 rings (SSSR count). The first-order valence-corrected chi connectivity index (χ1v) is 6.38. The van der Waals surface area contributed by atoms with Crippen molar-refractivity contribution in [2.75, 3.05) is 6.61 Å². The minimum Gasteiger partial charge on any atom is -0.409 e. The van der Waals surface area contributed by atoms with Crippen LogP contribution in [0.15, 0.2) is 60.7 Å². The molecule has 2 nitrogen and oxygen atoms in total. The molecule has 17 heavy (non-hydrogen) atoms. The van der Waals surface area contributed by atoms with Gasteiger partial charge in [0.1, 0.15) is 0 Å². The molecule has 86 valence electrons. The molecule has 0 aromatic heterocycles. The second kappa shape index (κ2) is 6.35. The topological polar surface area (TPSA) is 29.5 Å². The SMILES string of the molecule is O[Si]OCC(c1ccccc1)c1ccccc1. The molecule has 0 aliphatic carbocycles. The first-order valence-electron chi connectivity index (χ1n) is 5.52. The van der Waals surface area contributed by atoms with E-state index in [-0.39, 0.29) is 5.92 Å². The zero-order chi connectivity index (χ0) is 11.9. The lowest BCUT2D eigenvalue weighted by molar-refractivity contribution is 0.273. The summed E-state index contributed by atoms with van der Waals surface area (Å²) in [4.78, 5) is 8.81. The molecule has 0 atom stereocenters. The van der Waals surface area contributed by atoms with Gasteiger partial charge >= 0.3 is 10.0 Å². The Morgan fingerprint density at radius 2 is 1.35 bits per heavy atom. The molecule has 2 aromatic rings. The van der Waals surface area contributed by atoms with E-state index in [0.29, 0.717) is 6.61 Å². The molecular weight excluding hydrogens is 228 g/mol. The van der Waals surface area contributed by atoms with Gasteiger partial charge in [-0.05, 0) is 11.1 Å². The van der Waals surface area contributed by atoms with Crippen LogP contribution < -0.4 is 0 Å². The fourth-order valence-electron chi connectivity index (χ4n) is 1.88. The van der Waals surface area contributed by atoms with Gasteiger partial charge in [-0.15, -0.1) is 0 Å². The van der Waals surface area contributed by atoms with Crippen molar-refractivity contribution in [2.24, 2.45) is 0 Å². The first kappa shape index (κ1) is 12.0. The fourth-order valence-corrected chi connectivity index (χ4v) is 2.12. The maximum atomic E-state index is 8.81. The molecule has 0 saturated carbocycles. The van der Waals surface area contributed by atoms with E-state index in [1.165, 1.54) is 11.1 Å². The Hall–Kier alpha value is -1.42. The highest BCUT2D eigenvalue weighted by Crippen LogP contribution is 2.24. The van der Waals surface area contributed by atoms with E-state index in [2.05, 4.69) is 24.3 Å². The summed E-state index contributed by atoms with van der Waals surface area (Å²) >= 11 is 0. The van der Waals surface area contributed by atoms with Gasteiger partial charge in [-0.3, -0.25) is 0 Å². The van der Waals surface area contributed by atoms with Crippen LogP contribution in [0.2, 0.25) is 0 Å². The largest absolute Gasteiger partial charge is 0.430 e. The first-order chi connectivity index (χ1) is 8.42. The summed E-state index contributed by atoms with van der Waals surface area (Å²) in [6.07, 6.45) is 0. The molecule has 0 saturated heterocycles. The predicted octanol–water partition coefficient (Wildman–Crippen LogP) is 2.36. The van der Waals surface area contributed by atoms with Crippen molar-refractivity contribution >= 4 is 10.0 Å². The third-order valence-corrected chi connectivity index (χ3v) is 3.01. The van der Waals surface area contributed by atoms with Crippen molar-refractivity contribution in [2.45, 2.75) is 5.92 Å². The summed E-state index contributed by atoms with van der Waals surface area (Å²) < 4.78 is 5.19. The van der Waals surface area contributed by atoms with E-state index in [1.54, 1.807) is 0 Å². The summed E-state index contributed by atoms with van der Waals surface area (Å²) in [5.74, 6) is 0.178. The summed E-state index contributed by atoms with van der Waals surface area (Å²) in [5, 5.41) is 0. The Balaban J connectivity index is 2.26. The van der Waals surface area contributed by atoms with Crippen molar-refractivity contribution in [3.8, 4) is 0 Å². The van der Waals surface area contributed by atoms with Gasteiger partial charge in [0.15, 0.2) is 0 Å². The highest BCUT2D eigenvalue weighted by atomic mass is 28.2. The molecule has 0 amide bonds. The molecule has 0 unspecified atom stereocenters. The van der Waals surface area contributed by atoms with Crippen LogP contribution in [0.1, 0.15) is 17.0 Å². The standard InChI is InChI=1S/C14H14O2Si/c15-17-16-11-14(12-7-3-1-4-8-12)13-9-5-2-6-10-13/h1-10,14-15H,11H2. The van der Waals surface area contributed by atoms with Gasteiger partial charge in [-0.2, -0.15) is 0 Å². The van der Waals surface area contributed by atoms with Crippen LogP contribution in [-0.4, -0.2) is 21.4 Å². The van der Waals surface area contributed by atoms with E-state index < -0.39 is 10.0 Å². The molecule has 0 heterocycles. The van der Waals surface area contributed by atoms with Crippen LogP contribution in [0, 0.1) is 0 Å². The fraction of sp³-hybridized carbons (Fsp3) is 0.143. The van der Waals surface area contributed by atoms with Crippen LogP contribution >= 0.6 is 0 Å². The van der Waals surface area contributed by atoms with Gasteiger partial charge in [-0.25, -0.2) is 0 Å². The van der Waals surface area contributed by atoms with Crippen LogP contribution in [0.3, 0.4) is 0 Å². The molecule has 2 aromatic carbocycles. The quantitative estimate of drug-likeness (QED) is 0.816. The van der Waals surface area contributed by atoms with Gasteiger partial charge in [0.05, 0.1) is 0 Å². The van der Waals surface area contributed by atoms with E-state index in [4.69, 9.17) is 9.22 Å². The van der Waals surface area contributed by atoms with Crippen molar-refractivity contribution in [1.29, 1.82) is 0 Å². The lowest BCUT2D eigenvalue weighted by atomic mass is 9.92. The molecule has 0 aliphatic rings. The van der Waals surface area contributed by atoms with Gasteiger partial charge in [0, 0.05) is 12.5 Å². The number of rotatable bonds is 5.